The van der Waals surface area contributed by atoms with E-state index in [-0.39, 0.29) is 18.3 Å². The summed E-state index contributed by atoms with van der Waals surface area (Å²) < 4.78 is 36.4. The van der Waals surface area contributed by atoms with Gasteiger partial charge in [-0.2, -0.15) is 0 Å². The van der Waals surface area contributed by atoms with E-state index in [2.05, 4.69) is 0 Å². The summed E-state index contributed by atoms with van der Waals surface area (Å²) in [6, 6.07) is 3.43. The van der Waals surface area contributed by atoms with Crippen LogP contribution in [0.2, 0.25) is 0 Å². The van der Waals surface area contributed by atoms with E-state index in [0.29, 0.717) is 6.42 Å². The van der Waals surface area contributed by atoms with Gasteiger partial charge in [-0.3, -0.25) is 0 Å². The molecule has 1 atom stereocenters. The summed E-state index contributed by atoms with van der Waals surface area (Å²) in [6.45, 7) is 0.886. The highest BCUT2D eigenvalue weighted by Crippen LogP contribution is 2.16. The van der Waals surface area contributed by atoms with E-state index in [1.165, 1.54) is 12.1 Å². The lowest BCUT2D eigenvalue weighted by Crippen LogP contribution is -2.14. The monoisotopic (exact) mass is 256 g/mol. The van der Waals surface area contributed by atoms with E-state index >= 15 is 0 Å². The van der Waals surface area contributed by atoms with Crippen molar-refractivity contribution in [3.8, 4) is 0 Å². The van der Waals surface area contributed by atoms with Crippen LogP contribution in [0, 0.1) is 11.6 Å². The zero-order valence-corrected chi connectivity index (χ0v) is 9.83. The highest BCUT2D eigenvalue weighted by molar-refractivity contribution is 5.89. The molecular weight excluding hydrogens is 242 g/mol. The van der Waals surface area contributed by atoms with Crippen LogP contribution in [0.15, 0.2) is 18.2 Å². The first kappa shape index (κ1) is 13.0. The zero-order chi connectivity index (χ0) is 13.0. The number of esters is 1. The van der Waals surface area contributed by atoms with Gasteiger partial charge < -0.3 is 9.47 Å². The average Bonchev–Trinajstić information content (AvgIpc) is 2.85. The van der Waals surface area contributed by atoms with Gasteiger partial charge >= 0.3 is 5.97 Å². The molecule has 1 saturated heterocycles. The van der Waals surface area contributed by atoms with Gasteiger partial charge in [0.2, 0.25) is 0 Å². The summed E-state index contributed by atoms with van der Waals surface area (Å²) in [7, 11) is 0. The number of hydrogen-bond acceptors (Lipinski definition) is 3. The fourth-order valence-corrected chi connectivity index (χ4v) is 1.89. The van der Waals surface area contributed by atoms with Crippen molar-refractivity contribution < 1.29 is 23.0 Å². The molecule has 1 unspecified atom stereocenters. The molecule has 18 heavy (non-hydrogen) atoms. The molecular formula is C13H14F2O3. The van der Waals surface area contributed by atoms with E-state index in [1.54, 1.807) is 0 Å². The van der Waals surface area contributed by atoms with E-state index in [1.807, 2.05) is 0 Å². The Morgan fingerprint density at radius 2 is 2.28 bits per heavy atom. The van der Waals surface area contributed by atoms with Crippen molar-refractivity contribution in [1.29, 1.82) is 0 Å². The normalized spacial score (nSPS) is 18.9. The van der Waals surface area contributed by atoms with Gasteiger partial charge in [0.15, 0.2) is 11.6 Å². The van der Waals surface area contributed by atoms with Gasteiger partial charge in [0, 0.05) is 13.0 Å². The lowest BCUT2D eigenvalue weighted by atomic mass is 10.2. The largest absolute Gasteiger partial charge is 0.462 e. The van der Waals surface area contributed by atoms with Crippen LogP contribution in [0.25, 0.3) is 0 Å². The highest BCUT2D eigenvalue weighted by Gasteiger charge is 2.18. The van der Waals surface area contributed by atoms with Gasteiger partial charge in [-0.25, -0.2) is 13.6 Å². The maximum Gasteiger partial charge on any atom is 0.341 e. The Balaban J connectivity index is 1.85. The molecule has 98 valence electrons. The maximum atomic E-state index is 13.3. The van der Waals surface area contributed by atoms with Crippen LogP contribution in [-0.4, -0.2) is 25.3 Å². The minimum absolute atomic E-state index is 0.107. The van der Waals surface area contributed by atoms with Gasteiger partial charge in [-0.15, -0.1) is 0 Å². The number of rotatable bonds is 4. The van der Waals surface area contributed by atoms with Gasteiger partial charge in [-0.1, -0.05) is 6.07 Å². The molecule has 0 N–H and O–H groups in total. The summed E-state index contributed by atoms with van der Waals surface area (Å²) in [5, 5.41) is 0. The summed E-state index contributed by atoms with van der Waals surface area (Å²) in [5.41, 5.74) is -0.373. The Labute approximate surface area is 104 Å². The summed E-state index contributed by atoms with van der Waals surface area (Å²) in [4.78, 5) is 11.5. The van der Waals surface area contributed by atoms with Crippen molar-refractivity contribution in [2.24, 2.45) is 0 Å². The van der Waals surface area contributed by atoms with Gasteiger partial charge in [0.25, 0.3) is 0 Å². The van der Waals surface area contributed by atoms with Crippen LogP contribution in [0.5, 0.6) is 0 Å². The van der Waals surface area contributed by atoms with E-state index < -0.39 is 17.6 Å². The smallest absolute Gasteiger partial charge is 0.341 e. The van der Waals surface area contributed by atoms with Crippen molar-refractivity contribution in [2.75, 3.05) is 13.2 Å². The van der Waals surface area contributed by atoms with Crippen LogP contribution in [0.3, 0.4) is 0 Å². The van der Waals surface area contributed by atoms with Gasteiger partial charge in [0.05, 0.1) is 18.3 Å². The van der Waals surface area contributed by atoms with Crippen LogP contribution in [-0.2, 0) is 9.47 Å². The molecule has 1 heterocycles. The predicted molar refractivity (Wildman–Crippen MR) is 60.2 cm³/mol. The number of halogens is 2. The molecule has 0 aromatic heterocycles. The number of benzene rings is 1. The molecule has 0 radical (unpaired) electrons. The van der Waals surface area contributed by atoms with Crippen LogP contribution < -0.4 is 0 Å². The number of ether oxygens (including phenoxy) is 2. The third-order valence-electron chi connectivity index (χ3n) is 2.87. The molecule has 0 bridgehead atoms. The van der Waals surface area contributed by atoms with E-state index in [4.69, 9.17) is 9.47 Å². The second-order valence-corrected chi connectivity index (χ2v) is 4.16. The third-order valence-corrected chi connectivity index (χ3v) is 2.87. The van der Waals surface area contributed by atoms with Crippen molar-refractivity contribution in [3.63, 3.8) is 0 Å². The second-order valence-electron chi connectivity index (χ2n) is 4.16. The lowest BCUT2D eigenvalue weighted by Gasteiger charge is -2.10. The van der Waals surface area contributed by atoms with Crippen LogP contribution in [0.1, 0.15) is 29.6 Å². The fourth-order valence-electron chi connectivity index (χ4n) is 1.89. The summed E-state index contributed by atoms with van der Waals surface area (Å²) in [5.74, 6) is -3.06. The Kier molecular flexibility index (Phi) is 4.25. The molecule has 1 aromatic carbocycles. The van der Waals surface area contributed by atoms with Crippen LogP contribution in [0.4, 0.5) is 8.78 Å². The van der Waals surface area contributed by atoms with Crippen molar-refractivity contribution in [2.45, 2.75) is 25.4 Å². The highest BCUT2D eigenvalue weighted by atomic mass is 19.2. The Morgan fingerprint density at radius 1 is 1.44 bits per heavy atom. The molecule has 1 aliphatic heterocycles. The number of carbonyl (C=O) groups excluding carboxylic acids is 1. The summed E-state index contributed by atoms with van der Waals surface area (Å²) in [6.07, 6.45) is 2.65. The van der Waals surface area contributed by atoms with Gasteiger partial charge in [0.1, 0.15) is 0 Å². The standard InChI is InChI=1S/C13H14F2O3/c14-11-5-1-4-10(12(11)15)13(16)18-8-6-9-3-2-7-17-9/h1,4-5,9H,2-3,6-8H2. The molecule has 2 rings (SSSR count). The predicted octanol–water partition coefficient (Wildman–Crippen LogP) is 2.69. The lowest BCUT2D eigenvalue weighted by molar-refractivity contribution is 0.0380. The number of hydrogen-bond donors (Lipinski definition) is 0. The minimum atomic E-state index is -1.17. The molecule has 1 aliphatic rings. The first-order valence-corrected chi connectivity index (χ1v) is 5.91. The van der Waals surface area contributed by atoms with Gasteiger partial charge in [-0.05, 0) is 25.0 Å². The molecule has 3 nitrogen and oxygen atoms in total. The van der Waals surface area contributed by atoms with Crippen molar-refractivity contribution >= 4 is 5.97 Å². The maximum absolute atomic E-state index is 13.3. The average molecular weight is 256 g/mol. The number of carbonyl (C=O) groups is 1. The minimum Gasteiger partial charge on any atom is -0.462 e. The van der Waals surface area contributed by atoms with Crippen molar-refractivity contribution in [1.82, 2.24) is 0 Å². The molecule has 0 aliphatic carbocycles. The third kappa shape index (κ3) is 3.04. The fraction of sp³-hybridized carbons (Fsp3) is 0.462. The van der Waals surface area contributed by atoms with Crippen molar-refractivity contribution in [3.05, 3.63) is 35.4 Å². The molecule has 1 fully saturated rings. The first-order valence-electron chi connectivity index (χ1n) is 5.91. The molecule has 0 saturated carbocycles. The Bertz CT molecular complexity index is 428. The second kappa shape index (κ2) is 5.91. The Hall–Kier alpha value is -1.49. The first-order chi connectivity index (χ1) is 8.68. The van der Waals surface area contributed by atoms with E-state index in [0.717, 1.165) is 25.5 Å². The molecule has 0 amide bonds. The quantitative estimate of drug-likeness (QED) is 0.777. The topological polar surface area (TPSA) is 35.5 Å². The Morgan fingerprint density at radius 3 is 3.00 bits per heavy atom. The zero-order valence-electron chi connectivity index (χ0n) is 9.83. The summed E-state index contributed by atoms with van der Waals surface area (Å²) >= 11 is 0. The molecule has 5 heteroatoms. The van der Waals surface area contributed by atoms with E-state index in [9.17, 15) is 13.6 Å². The molecule has 0 spiro atoms. The SMILES string of the molecule is O=C(OCCC1CCCO1)c1cccc(F)c1F. The molecule has 1 aromatic rings. The van der Waals surface area contributed by atoms with Crippen LogP contribution >= 0.6 is 0 Å².